The molecule has 0 saturated carbocycles. The molecule has 2 amide bonds. The second-order valence-electron chi connectivity index (χ2n) is 5.54. The molecular formula is C16H23N3O3. The van der Waals surface area contributed by atoms with Gasteiger partial charge in [0.15, 0.2) is 0 Å². The standard InChI is InChI=1S/C16H23N3O3/c1-18(2)8-7-17-15(20)13-3-5-14(6-4-13)16(21)19-9-11-22-12-10-19/h3-6H,7-12H2,1-2H3,(H,17,20). The first-order valence-electron chi connectivity index (χ1n) is 7.48. The van der Waals surface area contributed by atoms with Crippen molar-refractivity contribution < 1.29 is 14.3 Å². The number of rotatable bonds is 5. The van der Waals surface area contributed by atoms with Gasteiger partial charge < -0.3 is 19.9 Å². The Labute approximate surface area is 131 Å². The maximum absolute atomic E-state index is 12.3. The molecule has 1 fully saturated rings. The van der Waals surface area contributed by atoms with Gasteiger partial charge in [0.1, 0.15) is 0 Å². The number of morpholine rings is 1. The number of likely N-dealkylation sites (N-methyl/N-ethyl adjacent to an activating group) is 1. The van der Waals surface area contributed by atoms with Gasteiger partial charge in [0.2, 0.25) is 0 Å². The number of hydrogen-bond acceptors (Lipinski definition) is 4. The van der Waals surface area contributed by atoms with Crippen LogP contribution in [0.15, 0.2) is 24.3 Å². The molecule has 0 bridgehead atoms. The normalized spacial score (nSPS) is 15.0. The quantitative estimate of drug-likeness (QED) is 0.858. The predicted molar refractivity (Wildman–Crippen MR) is 84.1 cm³/mol. The van der Waals surface area contributed by atoms with Crippen LogP contribution < -0.4 is 5.32 Å². The van der Waals surface area contributed by atoms with Crippen molar-refractivity contribution >= 4 is 11.8 Å². The Kier molecular flexibility index (Phi) is 5.91. The maximum Gasteiger partial charge on any atom is 0.254 e. The molecule has 0 radical (unpaired) electrons. The van der Waals surface area contributed by atoms with Crippen LogP contribution in [0, 0.1) is 0 Å². The summed E-state index contributed by atoms with van der Waals surface area (Å²) in [6.45, 7) is 3.78. The Morgan fingerprint density at radius 3 is 2.32 bits per heavy atom. The summed E-state index contributed by atoms with van der Waals surface area (Å²) < 4.78 is 5.24. The summed E-state index contributed by atoms with van der Waals surface area (Å²) in [5.74, 6) is -0.130. The van der Waals surface area contributed by atoms with Crippen molar-refractivity contribution in [2.24, 2.45) is 0 Å². The lowest BCUT2D eigenvalue weighted by molar-refractivity contribution is 0.0303. The predicted octanol–water partition coefficient (Wildman–Crippen LogP) is 0.450. The van der Waals surface area contributed by atoms with Gasteiger partial charge in [0.25, 0.3) is 11.8 Å². The van der Waals surface area contributed by atoms with E-state index in [4.69, 9.17) is 4.74 Å². The first-order valence-corrected chi connectivity index (χ1v) is 7.48. The van der Waals surface area contributed by atoms with E-state index in [0.29, 0.717) is 44.0 Å². The van der Waals surface area contributed by atoms with Crippen LogP contribution in [-0.4, -0.2) is 75.1 Å². The lowest BCUT2D eigenvalue weighted by Gasteiger charge is -2.26. The van der Waals surface area contributed by atoms with Gasteiger partial charge in [-0.3, -0.25) is 9.59 Å². The van der Waals surface area contributed by atoms with E-state index in [1.54, 1.807) is 29.2 Å². The number of carbonyl (C=O) groups excluding carboxylic acids is 2. The van der Waals surface area contributed by atoms with E-state index in [2.05, 4.69) is 5.32 Å². The molecule has 120 valence electrons. The zero-order valence-corrected chi connectivity index (χ0v) is 13.2. The average Bonchev–Trinajstić information content (AvgIpc) is 2.54. The first-order chi connectivity index (χ1) is 10.6. The van der Waals surface area contributed by atoms with Crippen molar-refractivity contribution in [2.45, 2.75) is 0 Å². The number of benzene rings is 1. The van der Waals surface area contributed by atoms with Gasteiger partial charge in [-0.2, -0.15) is 0 Å². The van der Waals surface area contributed by atoms with Crippen molar-refractivity contribution in [3.05, 3.63) is 35.4 Å². The molecule has 6 heteroatoms. The lowest BCUT2D eigenvalue weighted by Crippen LogP contribution is -2.40. The molecule has 1 saturated heterocycles. The van der Waals surface area contributed by atoms with E-state index in [-0.39, 0.29) is 11.8 Å². The molecule has 1 N–H and O–H groups in total. The van der Waals surface area contributed by atoms with Crippen molar-refractivity contribution in [3.63, 3.8) is 0 Å². The van der Waals surface area contributed by atoms with E-state index in [1.807, 2.05) is 19.0 Å². The number of hydrogen-bond donors (Lipinski definition) is 1. The van der Waals surface area contributed by atoms with Gasteiger partial charge in [0, 0.05) is 37.3 Å². The van der Waals surface area contributed by atoms with Gasteiger partial charge in [0.05, 0.1) is 13.2 Å². The van der Waals surface area contributed by atoms with Gasteiger partial charge >= 0.3 is 0 Å². The summed E-state index contributed by atoms with van der Waals surface area (Å²) in [5.41, 5.74) is 1.17. The largest absolute Gasteiger partial charge is 0.378 e. The van der Waals surface area contributed by atoms with Crippen LogP contribution in [0.3, 0.4) is 0 Å². The minimum absolute atomic E-state index is 0.0112. The molecule has 1 aromatic carbocycles. The minimum Gasteiger partial charge on any atom is -0.378 e. The van der Waals surface area contributed by atoms with Crippen LogP contribution in [0.2, 0.25) is 0 Å². The molecule has 0 unspecified atom stereocenters. The number of nitrogens with one attached hydrogen (secondary N) is 1. The number of carbonyl (C=O) groups is 2. The highest BCUT2D eigenvalue weighted by molar-refractivity contribution is 5.97. The van der Waals surface area contributed by atoms with E-state index >= 15 is 0 Å². The van der Waals surface area contributed by atoms with Crippen LogP contribution in [0.1, 0.15) is 20.7 Å². The summed E-state index contributed by atoms with van der Waals surface area (Å²) in [4.78, 5) is 28.0. The molecule has 0 aromatic heterocycles. The Balaban J connectivity index is 1.91. The zero-order valence-electron chi connectivity index (χ0n) is 13.2. The summed E-state index contributed by atoms with van der Waals surface area (Å²) in [5, 5.41) is 2.85. The van der Waals surface area contributed by atoms with Crippen molar-refractivity contribution in [2.75, 3.05) is 53.5 Å². The molecule has 1 aromatic rings. The zero-order chi connectivity index (χ0) is 15.9. The van der Waals surface area contributed by atoms with Gasteiger partial charge in [-0.05, 0) is 38.4 Å². The summed E-state index contributed by atoms with van der Waals surface area (Å²) >= 11 is 0. The average molecular weight is 305 g/mol. The van der Waals surface area contributed by atoms with Gasteiger partial charge in [-0.25, -0.2) is 0 Å². The molecule has 0 aliphatic carbocycles. The Morgan fingerprint density at radius 2 is 1.73 bits per heavy atom. The van der Waals surface area contributed by atoms with Crippen LogP contribution in [0.4, 0.5) is 0 Å². The monoisotopic (exact) mass is 305 g/mol. The highest BCUT2D eigenvalue weighted by atomic mass is 16.5. The molecule has 6 nitrogen and oxygen atoms in total. The molecular weight excluding hydrogens is 282 g/mol. The third-order valence-corrected chi connectivity index (χ3v) is 3.54. The molecule has 22 heavy (non-hydrogen) atoms. The minimum atomic E-state index is -0.118. The molecule has 0 spiro atoms. The summed E-state index contributed by atoms with van der Waals surface area (Å²) in [6, 6.07) is 6.80. The fourth-order valence-corrected chi connectivity index (χ4v) is 2.21. The van der Waals surface area contributed by atoms with Crippen LogP contribution in [-0.2, 0) is 4.74 Å². The Bertz CT molecular complexity index is 508. The highest BCUT2D eigenvalue weighted by Gasteiger charge is 2.18. The second kappa shape index (κ2) is 7.91. The van der Waals surface area contributed by atoms with Crippen LogP contribution in [0.5, 0.6) is 0 Å². The maximum atomic E-state index is 12.3. The summed E-state index contributed by atoms with van der Waals surface area (Å²) in [7, 11) is 3.91. The fraction of sp³-hybridized carbons (Fsp3) is 0.500. The fourth-order valence-electron chi connectivity index (χ4n) is 2.21. The van der Waals surface area contributed by atoms with Crippen LogP contribution >= 0.6 is 0 Å². The van der Waals surface area contributed by atoms with Gasteiger partial charge in [-0.1, -0.05) is 0 Å². The number of ether oxygens (including phenoxy) is 1. The van der Waals surface area contributed by atoms with E-state index < -0.39 is 0 Å². The van der Waals surface area contributed by atoms with Crippen LogP contribution in [0.25, 0.3) is 0 Å². The van der Waals surface area contributed by atoms with Crippen molar-refractivity contribution in [1.82, 2.24) is 15.1 Å². The first kappa shape index (κ1) is 16.5. The molecule has 1 aliphatic heterocycles. The SMILES string of the molecule is CN(C)CCNC(=O)c1ccc(C(=O)N2CCOCC2)cc1. The molecule has 1 aliphatic rings. The second-order valence-corrected chi connectivity index (χ2v) is 5.54. The topological polar surface area (TPSA) is 61.9 Å². The number of nitrogens with zero attached hydrogens (tertiary/aromatic N) is 2. The van der Waals surface area contributed by atoms with E-state index in [0.717, 1.165) is 6.54 Å². The molecule has 2 rings (SSSR count). The Morgan fingerprint density at radius 1 is 1.14 bits per heavy atom. The molecule has 0 atom stereocenters. The number of amides is 2. The summed E-state index contributed by atoms with van der Waals surface area (Å²) in [6.07, 6.45) is 0. The van der Waals surface area contributed by atoms with Crippen molar-refractivity contribution in [1.29, 1.82) is 0 Å². The lowest BCUT2D eigenvalue weighted by atomic mass is 10.1. The highest BCUT2D eigenvalue weighted by Crippen LogP contribution is 2.09. The molecule has 1 heterocycles. The van der Waals surface area contributed by atoms with Crippen molar-refractivity contribution in [3.8, 4) is 0 Å². The third kappa shape index (κ3) is 4.54. The third-order valence-electron chi connectivity index (χ3n) is 3.54. The van der Waals surface area contributed by atoms with E-state index in [1.165, 1.54) is 0 Å². The smallest absolute Gasteiger partial charge is 0.254 e. The van der Waals surface area contributed by atoms with E-state index in [9.17, 15) is 9.59 Å². The van der Waals surface area contributed by atoms with Gasteiger partial charge in [-0.15, -0.1) is 0 Å². The Hall–Kier alpha value is -1.92.